The predicted octanol–water partition coefficient (Wildman–Crippen LogP) is 2.45. The summed E-state index contributed by atoms with van der Waals surface area (Å²) in [6.07, 6.45) is 5.22. The van der Waals surface area contributed by atoms with Gasteiger partial charge in [-0.15, -0.1) is 6.42 Å². The molecule has 0 amide bonds. The van der Waals surface area contributed by atoms with Crippen LogP contribution >= 0.6 is 0 Å². The number of carbonyl (C=O) groups is 1. The van der Waals surface area contributed by atoms with Gasteiger partial charge in [-0.25, -0.2) is 9.18 Å². The molecule has 0 aromatic heterocycles. The molecule has 4 heteroatoms. The Bertz CT molecular complexity index is 472. The largest absolute Gasteiger partial charge is 0.478 e. The smallest absolute Gasteiger partial charge is 0.338 e. The lowest BCUT2D eigenvalue weighted by Crippen LogP contribution is -2.21. The van der Waals surface area contributed by atoms with Crippen molar-refractivity contribution in [2.75, 3.05) is 0 Å². The van der Waals surface area contributed by atoms with Crippen molar-refractivity contribution in [2.24, 2.45) is 0 Å². The van der Waals surface area contributed by atoms with Gasteiger partial charge in [0.25, 0.3) is 0 Å². The number of benzene rings is 1. The maximum absolute atomic E-state index is 13.7. The molecule has 0 heterocycles. The second-order valence-electron chi connectivity index (χ2n) is 4.03. The van der Waals surface area contributed by atoms with Crippen molar-refractivity contribution in [1.29, 1.82) is 0 Å². The van der Waals surface area contributed by atoms with E-state index >= 15 is 0 Å². The number of carboxylic acids is 1. The van der Waals surface area contributed by atoms with Crippen molar-refractivity contribution in [3.63, 3.8) is 0 Å². The molecule has 0 aliphatic heterocycles. The van der Waals surface area contributed by atoms with Crippen molar-refractivity contribution in [3.05, 3.63) is 35.1 Å². The number of ether oxygens (including phenoxy) is 1. The van der Waals surface area contributed by atoms with Crippen LogP contribution < -0.4 is 0 Å². The SMILES string of the molecule is C#CC(C)(C)OCc1cccc(C(=O)O)c1F. The van der Waals surface area contributed by atoms with Crippen LogP contribution in [0.1, 0.15) is 29.8 Å². The van der Waals surface area contributed by atoms with Gasteiger partial charge in [-0.2, -0.15) is 0 Å². The Morgan fingerprint density at radius 3 is 2.76 bits per heavy atom. The van der Waals surface area contributed by atoms with E-state index in [1.165, 1.54) is 18.2 Å². The van der Waals surface area contributed by atoms with Crippen LogP contribution in [0.4, 0.5) is 4.39 Å². The molecule has 0 atom stereocenters. The van der Waals surface area contributed by atoms with E-state index in [1.54, 1.807) is 13.8 Å². The molecule has 3 nitrogen and oxygen atoms in total. The first-order valence-electron chi connectivity index (χ1n) is 5.00. The van der Waals surface area contributed by atoms with E-state index in [0.29, 0.717) is 0 Å². The molecule has 0 bridgehead atoms. The first-order valence-corrected chi connectivity index (χ1v) is 5.00. The van der Waals surface area contributed by atoms with Gasteiger partial charge in [0.15, 0.2) is 0 Å². The maximum Gasteiger partial charge on any atom is 0.338 e. The fraction of sp³-hybridized carbons (Fsp3) is 0.308. The van der Waals surface area contributed by atoms with E-state index in [1.807, 2.05) is 0 Å². The van der Waals surface area contributed by atoms with E-state index in [0.717, 1.165) is 0 Å². The standard InChI is InChI=1S/C13H13FO3/c1-4-13(2,3)17-8-9-6-5-7-10(11(9)14)12(15)16/h1,5-7H,8H2,2-3H3,(H,15,16). The molecule has 1 aromatic carbocycles. The van der Waals surface area contributed by atoms with Crippen LogP contribution in [0.15, 0.2) is 18.2 Å². The molecule has 0 aliphatic rings. The zero-order valence-electron chi connectivity index (χ0n) is 9.66. The average molecular weight is 236 g/mol. The van der Waals surface area contributed by atoms with Gasteiger partial charge >= 0.3 is 5.97 Å². The van der Waals surface area contributed by atoms with E-state index in [2.05, 4.69) is 5.92 Å². The predicted molar refractivity (Wildman–Crippen MR) is 61.1 cm³/mol. The number of terminal acetylenes is 1. The summed E-state index contributed by atoms with van der Waals surface area (Å²) in [7, 11) is 0. The molecule has 0 fully saturated rings. The summed E-state index contributed by atoms with van der Waals surface area (Å²) < 4.78 is 19.0. The van der Waals surface area contributed by atoms with Gasteiger partial charge in [-0.1, -0.05) is 18.1 Å². The van der Waals surface area contributed by atoms with E-state index in [9.17, 15) is 9.18 Å². The highest BCUT2D eigenvalue weighted by Crippen LogP contribution is 2.17. The van der Waals surface area contributed by atoms with Crippen LogP contribution in [0.25, 0.3) is 0 Å². The lowest BCUT2D eigenvalue weighted by atomic mass is 10.1. The Morgan fingerprint density at radius 1 is 1.59 bits per heavy atom. The quantitative estimate of drug-likeness (QED) is 0.817. The second-order valence-corrected chi connectivity index (χ2v) is 4.03. The minimum atomic E-state index is -1.31. The summed E-state index contributed by atoms with van der Waals surface area (Å²) in [5.41, 5.74) is -1.01. The Kier molecular flexibility index (Phi) is 3.87. The van der Waals surface area contributed by atoms with Gasteiger partial charge < -0.3 is 9.84 Å². The van der Waals surface area contributed by atoms with Gasteiger partial charge in [0, 0.05) is 5.56 Å². The van der Waals surface area contributed by atoms with E-state index in [4.69, 9.17) is 16.3 Å². The third-order valence-electron chi connectivity index (χ3n) is 2.25. The molecule has 17 heavy (non-hydrogen) atoms. The van der Waals surface area contributed by atoms with Gasteiger partial charge in [0.2, 0.25) is 0 Å². The molecule has 0 unspecified atom stereocenters. The molecular formula is C13H13FO3. The van der Waals surface area contributed by atoms with E-state index < -0.39 is 17.4 Å². The summed E-state index contributed by atoms with van der Waals surface area (Å²) in [6.45, 7) is 3.28. The molecule has 90 valence electrons. The molecule has 0 radical (unpaired) electrons. The maximum atomic E-state index is 13.7. The Labute approximate surface area is 99.2 Å². The van der Waals surface area contributed by atoms with Crippen LogP contribution in [0.3, 0.4) is 0 Å². The number of halogens is 1. The minimum Gasteiger partial charge on any atom is -0.478 e. The molecule has 1 aromatic rings. The summed E-state index contributed by atoms with van der Waals surface area (Å²) in [6, 6.07) is 4.13. The van der Waals surface area contributed by atoms with Crippen LogP contribution in [0.5, 0.6) is 0 Å². The highest BCUT2D eigenvalue weighted by molar-refractivity contribution is 5.88. The number of hydrogen-bond acceptors (Lipinski definition) is 2. The number of aromatic carboxylic acids is 1. The highest BCUT2D eigenvalue weighted by atomic mass is 19.1. The molecular weight excluding hydrogens is 223 g/mol. The third-order valence-corrected chi connectivity index (χ3v) is 2.25. The average Bonchev–Trinajstić information content (AvgIpc) is 2.27. The van der Waals surface area contributed by atoms with Crippen LogP contribution in [-0.2, 0) is 11.3 Å². The van der Waals surface area contributed by atoms with Crippen LogP contribution in [0.2, 0.25) is 0 Å². The zero-order valence-corrected chi connectivity index (χ0v) is 9.66. The van der Waals surface area contributed by atoms with Crippen molar-refractivity contribution in [2.45, 2.75) is 26.1 Å². The van der Waals surface area contributed by atoms with Crippen molar-refractivity contribution in [1.82, 2.24) is 0 Å². The summed E-state index contributed by atoms with van der Waals surface area (Å²) in [4.78, 5) is 10.7. The molecule has 0 saturated carbocycles. The highest BCUT2D eigenvalue weighted by Gasteiger charge is 2.18. The molecule has 0 saturated heterocycles. The van der Waals surface area contributed by atoms with Gasteiger partial charge in [-0.05, 0) is 19.9 Å². The molecule has 1 N–H and O–H groups in total. The van der Waals surface area contributed by atoms with Gasteiger partial charge in [0.1, 0.15) is 11.4 Å². The first-order chi connectivity index (χ1) is 7.87. The second kappa shape index (κ2) is 4.98. The molecule has 0 spiro atoms. The number of hydrogen-bond donors (Lipinski definition) is 1. The topological polar surface area (TPSA) is 46.5 Å². The monoisotopic (exact) mass is 236 g/mol. The van der Waals surface area contributed by atoms with Crippen LogP contribution in [-0.4, -0.2) is 16.7 Å². The summed E-state index contributed by atoms with van der Waals surface area (Å²) in [5, 5.41) is 8.75. The third kappa shape index (κ3) is 3.30. The molecule has 0 aliphatic carbocycles. The fourth-order valence-corrected chi connectivity index (χ4v) is 1.16. The first kappa shape index (κ1) is 13.2. The van der Waals surface area contributed by atoms with Crippen molar-refractivity contribution < 1.29 is 19.0 Å². The van der Waals surface area contributed by atoms with E-state index in [-0.39, 0.29) is 17.7 Å². The Hall–Kier alpha value is -1.86. The lowest BCUT2D eigenvalue weighted by molar-refractivity contribution is 0.0131. The molecule has 1 rings (SSSR count). The normalized spacial score (nSPS) is 10.9. The number of carboxylic acid groups (broad SMARTS) is 1. The van der Waals surface area contributed by atoms with Gasteiger partial charge in [-0.3, -0.25) is 0 Å². The van der Waals surface area contributed by atoms with Crippen molar-refractivity contribution >= 4 is 5.97 Å². The Balaban J connectivity index is 2.91. The number of rotatable bonds is 4. The summed E-state index contributed by atoms with van der Waals surface area (Å²) >= 11 is 0. The zero-order chi connectivity index (χ0) is 13.1. The Morgan fingerprint density at radius 2 is 2.24 bits per heavy atom. The minimum absolute atomic E-state index is 0.0653. The lowest BCUT2D eigenvalue weighted by Gasteiger charge is -2.18. The summed E-state index contributed by atoms with van der Waals surface area (Å²) in [5.74, 6) is 0.318. The van der Waals surface area contributed by atoms with Gasteiger partial charge in [0.05, 0.1) is 12.2 Å². The fourth-order valence-electron chi connectivity index (χ4n) is 1.16. The van der Waals surface area contributed by atoms with Crippen molar-refractivity contribution in [3.8, 4) is 12.3 Å². The van der Waals surface area contributed by atoms with Crippen LogP contribution in [0, 0.1) is 18.2 Å².